The molecule has 0 aromatic heterocycles. The van der Waals surface area contributed by atoms with Crippen molar-refractivity contribution >= 4 is 8.81 Å². The molecule has 0 heterocycles. The average molecular weight is 331 g/mol. The molecule has 134 valence electrons. The van der Waals surface area contributed by atoms with Gasteiger partial charge in [0, 0.05) is 8.81 Å². The molecule has 0 N–H and O–H groups in total. The van der Waals surface area contributed by atoms with Crippen molar-refractivity contribution in [3.05, 3.63) is 0 Å². The minimum Gasteiger partial charge on any atom is -0.362 e. The molecule has 0 aromatic rings. The second-order valence-corrected chi connectivity index (χ2v) is 7.77. The molecule has 0 bridgehead atoms. The maximum atomic E-state index is 5.77. The van der Waals surface area contributed by atoms with Crippen molar-refractivity contribution in [1.29, 1.82) is 0 Å². The molecule has 2 heteroatoms. The zero-order valence-corrected chi connectivity index (χ0v) is 16.6. The van der Waals surface area contributed by atoms with Crippen LogP contribution in [0.2, 0.25) is 0 Å². The van der Waals surface area contributed by atoms with Crippen LogP contribution in [0.15, 0.2) is 0 Å². The van der Waals surface area contributed by atoms with E-state index in [9.17, 15) is 0 Å². The van der Waals surface area contributed by atoms with E-state index in [1.807, 2.05) is 0 Å². The van der Waals surface area contributed by atoms with E-state index in [2.05, 4.69) is 13.8 Å². The summed E-state index contributed by atoms with van der Waals surface area (Å²) in [5.74, 6) is 0. The quantitative estimate of drug-likeness (QED) is 0.173. The zero-order valence-electron chi connectivity index (χ0n) is 15.6. The lowest BCUT2D eigenvalue weighted by atomic mass is 10.1. The molecule has 1 atom stereocenters. The second kappa shape index (κ2) is 21.4. The van der Waals surface area contributed by atoms with Gasteiger partial charge in [0.15, 0.2) is 0 Å². The Morgan fingerprint density at radius 1 is 0.500 bits per heavy atom. The van der Waals surface area contributed by atoms with E-state index < -0.39 is 0 Å². The van der Waals surface area contributed by atoms with Crippen molar-refractivity contribution in [3.63, 3.8) is 0 Å². The van der Waals surface area contributed by atoms with Crippen LogP contribution in [0.5, 0.6) is 0 Å². The van der Waals surface area contributed by atoms with Gasteiger partial charge in [-0.1, -0.05) is 104 Å². The molecule has 0 rings (SSSR count). The van der Waals surface area contributed by atoms with Gasteiger partial charge in [-0.15, -0.1) is 0 Å². The smallest absolute Gasteiger partial charge is 0.0505 e. The molecular formula is C20H43OP. The van der Waals surface area contributed by atoms with E-state index in [0.29, 0.717) is 0 Å². The summed E-state index contributed by atoms with van der Waals surface area (Å²) < 4.78 is 5.77. The Balaban J connectivity index is 2.91. The molecule has 0 saturated heterocycles. The highest BCUT2D eigenvalue weighted by Crippen LogP contribution is 2.17. The first-order valence-electron chi connectivity index (χ1n) is 10.3. The number of hydrogen-bond donors (Lipinski definition) is 0. The normalized spacial score (nSPS) is 11.7. The lowest BCUT2D eigenvalue weighted by Gasteiger charge is -2.05. The predicted octanol–water partition coefficient (Wildman–Crippen LogP) is 7.88. The van der Waals surface area contributed by atoms with Crippen LogP contribution in [0.4, 0.5) is 0 Å². The number of unbranched alkanes of at least 4 members (excludes halogenated alkanes) is 14. The summed E-state index contributed by atoms with van der Waals surface area (Å²) >= 11 is 0. The summed E-state index contributed by atoms with van der Waals surface area (Å²) in [5.41, 5.74) is 0. The van der Waals surface area contributed by atoms with Crippen LogP contribution in [0.1, 0.15) is 117 Å². The minimum atomic E-state index is 0.757. The lowest BCUT2D eigenvalue weighted by molar-refractivity contribution is 0.344. The summed E-state index contributed by atoms with van der Waals surface area (Å²) in [4.78, 5) is 0. The first-order valence-corrected chi connectivity index (χ1v) is 11.4. The summed E-state index contributed by atoms with van der Waals surface area (Å²) in [7, 11) is 0.757. The summed E-state index contributed by atoms with van der Waals surface area (Å²) in [5, 5.41) is 0. The van der Waals surface area contributed by atoms with Crippen LogP contribution in [0, 0.1) is 0 Å². The third-order valence-corrected chi connectivity index (χ3v) is 5.30. The van der Waals surface area contributed by atoms with E-state index >= 15 is 0 Å². The molecule has 0 aliphatic heterocycles. The van der Waals surface area contributed by atoms with Crippen molar-refractivity contribution in [2.45, 2.75) is 117 Å². The summed E-state index contributed by atoms with van der Waals surface area (Å²) in [6.07, 6.45) is 23.8. The molecule has 0 aliphatic rings. The summed E-state index contributed by atoms with van der Waals surface area (Å²) in [6, 6.07) is 0. The maximum absolute atomic E-state index is 5.77. The van der Waals surface area contributed by atoms with E-state index in [0.717, 1.165) is 15.4 Å². The van der Waals surface area contributed by atoms with Crippen molar-refractivity contribution in [1.82, 2.24) is 0 Å². The number of rotatable bonds is 19. The van der Waals surface area contributed by atoms with Gasteiger partial charge in [0.1, 0.15) is 0 Å². The van der Waals surface area contributed by atoms with Gasteiger partial charge in [-0.05, 0) is 19.0 Å². The van der Waals surface area contributed by atoms with Crippen molar-refractivity contribution in [2.24, 2.45) is 0 Å². The van der Waals surface area contributed by atoms with Crippen LogP contribution in [-0.2, 0) is 4.52 Å². The monoisotopic (exact) mass is 330 g/mol. The van der Waals surface area contributed by atoms with Gasteiger partial charge in [0.25, 0.3) is 0 Å². The van der Waals surface area contributed by atoms with Crippen LogP contribution in [-0.4, -0.2) is 12.8 Å². The first-order chi connectivity index (χ1) is 10.9. The average Bonchev–Trinajstić information content (AvgIpc) is 2.54. The van der Waals surface area contributed by atoms with Crippen LogP contribution >= 0.6 is 8.81 Å². The Labute approximate surface area is 143 Å². The highest BCUT2D eigenvalue weighted by atomic mass is 31.1. The maximum Gasteiger partial charge on any atom is 0.0505 e. The standard InChI is InChI=1S/C20H43OP/c1-3-5-7-9-11-13-15-17-19-21-22-20-18-16-14-12-10-8-6-4-2/h22H,3-20H2,1-2H3. The predicted molar refractivity (Wildman–Crippen MR) is 104 cm³/mol. The SMILES string of the molecule is CCCCCCCCCCOPCCCCCCCCCC. The molecule has 0 aliphatic carbocycles. The van der Waals surface area contributed by atoms with Crippen molar-refractivity contribution < 1.29 is 4.52 Å². The Morgan fingerprint density at radius 3 is 1.41 bits per heavy atom. The molecule has 0 saturated carbocycles. The molecule has 0 amide bonds. The summed E-state index contributed by atoms with van der Waals surface area (Å²) in [6.45, 7) is 5.57. The molecule has 0 aromatic carbocycles. The highest BCUT2D eigenvalue weighted by Gasteiger charge is 1.94. The van der Waals surface area contributed by atoms with Crippen LogP contribution < -0.4 is 0 Å². The third kappa shape index (κ3) is 20.4. The molecule has 1 nitrogen and oxygen atoms in total. The fourth-order valence-electron chi connectivity index (χ4n) is 2.78. The fraction of sp³-hybridized carbons (Fsp3) is 1.00. The molecule has 0 radical (unpaired) electrons. The Bertz CT molecular complexity index is 165. The van der Waals surface area contributed by atoms with Gasteiger partial charge in [0.2, 0.25) is 0 Å². The van der Waals surface area contributed by atoms with Gasteiger partial charge in [0.05, 0.1) is 6.61 Å². The second-order valence-electron chi connectivity index (χ2n) is 6.69. The van der Waals surface area contributed by atoms with E-state index in [1.165, 1.54) is 109 Å². The van der Waals surface area contributed by atoms with Gasteiger partial charge in [-0.2, -0.15) is 0 Å². The molecule has 0 fully saturated rings. The van der Waals surface area contributed by atoms with Gasteiger partial charge in [-0.3, -0.25) is 0 Å². The molecule has 1 unspecified atom stereocenters. The van der Waals surface area contributed by atoms with Crippen LogP contribution in [0.3, 0.4) is 0 Å². The third-order valence-electron chi connectivity index (χ3n) is 4.33. The molecule has 0 spiro atoms. The lowest BCUT2D eigenvalue weighted by Crippen LogP contribution is -1.88. The van der Waals surface area contributed by atoms with E-state index in [4.69, 9.17) is 4.52 Å². The van der Waals surface area contributed by atoms with Gasteiger partial charge >= 0.3 is 0 Å². The number of hydrogen-bond acceptors (Lipinski definition) is 1. The largest absolute Gasteiger partial charge is 0.362 e. The van der Waals surface area contributed by atoms with Crippen LogP contribution in [0.25, 0.3) is 0 Å². The first kappa shape index (κ1) is 22.4. The molecular weight excluding hydrogens is 287 g/mol. The Morgan fingerprint density at radius 2 is 0.909 bits per heavy atom. The molecule has 22 heavy (non-hydrogen) atoms. The van der Waals surface area contributed by atoms with Crippen molar-refractivity contribution in [2.75, 3.05) is 12.8 Å². The Hall–Kier alpha value is 0.390. The topological polar surface area (TPSA) is 9.23 Å². The zero-order chi connectivity index (χ0) is 16.1. The van der Waals surface area contributed by atoms with Crippen molar-refractivity contribution in [3.8, 4) is 0 Å². The fourth-order valence-corrected chi connectivity index (χ4v) is 3.61. The van der Waals surface area contributed by atoms with Gasteiger partial charge < -0.3 is 4.52 Å². The van der Waals surface area contributed by atoms with E-state index in [-0.39, 0.29) is 0 Å². The highest BCUT2D eigenvalue weighted by molar-refractivity contribution is 7.32. The van der Waals surface area contributed by atoms with E-state index in [1.54, 1.807) is 0 Å². The Kier molecular flexibility index (Phi) is 21.8. The van der Waals surface area contributed by atoms with Gasteiger partial charge in [-0.25, -0.2) is 0 Å². The minimum absolute atomic E-state index is 0.757.